The molecular formula is C29H29N3O4. The summed E-state index contributed by atoms with van der Waals surface area (Å²) < 4.78 is 19.0. The van der Waals surface area contributed by atoms with E-state index >= 15 is 0 Å². The molecule has 3 heterocycles. The van der Waals surface area contributed by atoms with Gasteiger partial charge in [0.2, 0.25) is 0 Å². The zero-order chi connectivity index (χ0) is 24.8. The Hall–Kier alpha value is -3.87. The fourth-order valence-corrected chi connectivity index (χ4v) is 5.67. The molecule has 1 saturated carbocycles. The van der Waals surface area contributed by atoms with Crippen LogP contribution in [0.5, 0.6) is 5.75 Å². The van der Waals surface area contributed by atoms with Gasteiger partial charge < -0.3 is 13.7 Å². The molecule has 0 N–H and O–H groups in total. The molecule has 0 saturated heterocycles. The third kappa shape index (κ3) is 3.70. The van der Waals surface area contributed by atoms with Crippen LogP contribution < -0.4 is 10.5 Å². The maximum atomic E-state index is 13.2. The second-order valence-electron chi connectivity index (χ2n) is 9.72. The Morgan fingerprint density at radius 3 is 2.56 bits per heavy atom. The van der Waals surface area contributed by atoms with Crippen molar-refractivity contribution in [3.05, 3.63) is 75.7 Å². The molecule has 6 rings (SSSR count). The summed E-state index contributed by atoms with van der Waals surface area (Å²) in [7, 11) is 1.65. The van der Waals surface area contributed by atoms with E-state index in [4.69, 9.17) is 18.7 Å². The second kappa shape index (κ2) is 8.97. The molecule has 0 atom stereocenters. The molecule has 7 nitrogen and oxygen atoms in total. The number of methoxy groups -OCH3 is 1. The number of hydrogen-bond acceptors (Lipinski definition) is 6. The van der Waals surface area contributed by atoms with E-state index in [1.54, 1.807) is 11.7 Å². The highest BCUT2D eigenvalue weighted by molar-refractivity contribution is 6.05. The smallest absolute Gasteiger partial charge is 0.420 e. The molecule has 5 aromatic rings. The van der Waals surface area contributed by atoms with Gasteiger partial charge in [0.05, 0.1) is 36.1 Å². The van der Waals surface area contributed by atoms with E-state index in [1.165, 1.54) is 6.42 Å². The quantitative estimate of drug-likeness (QED) is 0.283. The highest BCUT2D eigenvalue weighted by Gasteiger charge is 2.27. The van der Waals surface area contributed by atoms with Gasteiger partial charge in [0.15, 0.2) is 5.58 Å². The number of rotatable bonds is 5. The fraction of sp³-hybridized carbons (Fsp3) is 0.345. The maximum absolute atomic E-state index is 13.2. The van der Waals surface area contributed by atoms with Crippen LogP contribution in [0.15, 0.2) is 56.2 Å². The lowest BCUT2D eigenvalue weighted by Crippen LogP contribution is -2.15. The summed E-state index contributed by atoms with van der Waals surface area (Å²) in [6.07, 6.45) is 5.66. The van der Waals surface area contributed by atoms with Crippen molar-refractivity contribution < 1.29 is 13.7 Å². The van der Waals surface area contributed by atoms with E-state index in [9.17, 15) is 4.79 Å². The number of aryl methyl sites for hydroxylation is 2. The van der Waals surface area contributed by atoms with E-state index in [-0.39, 0.29) is 11.7 Å². The van der Waals surface area contributed by atoms with Gasteiger partial charge in [0.1, 0.15) is 17.0 Å². The molecule has 0 radical (unpaired) electrons. The molecule has 0 spiro atoms. The van der Waals surface area contributed by atoms with E-state index < -0.39 is 0 Å². The zero-order valence-electron chi connectivity index (χ0n) is 20.8. The molecule has 0 unspecified atom stereocenters. The molecule has 36 heavy (non-hydrogen) atoms. The fourth-order valence-electron chi connectivity index (χ4n) is 5.67. The van der Waals surface area contributed by atoms with Crippen LogP contribution in [0.3, 0.4) is 0 Å². The predicted molar refractivity (Wildman–Crippen MR) is 139 cm³/mol. The Balaban J connectivity index is 1.67. The first-order valence-electron chi connectivity index (χ1n) is 12.6. The zero-order valence-corrected chi connectivity index (χ0v) is 20.8. The SMILES string of the molecule is COc1cc2c(cc1-c1c(C)noc1C)nc(C1CCCCC1)c1oc(=O)n(Cc3ccccc3)c12. The Kier molecular flexibility index (Phi) is 5.63. The van der Waals surface area contributed by atoms with Crippen molar-refractivity contribution in [3.63, 3.8) is 0 Å². The van der Waals surface area contributed by atoms with Crippen molar-refractivity contribution >= 4 is 22.0 Å². The van der Waals surface area contributed by atoms with Crippen molar-refractivity contribution in [1.82, 2.24) is 14.7 Å². The van der Waals surface area contributed by atoms with Crippen molar-refractivity contribution in [2.24, 2.45) is 0 Å². The predicted octanol–water partition coefficient (Wildman–Crippen LogP) is 6.52. The number of pyridine rings is 1. The number of aromatic nitrogens is 3. The average Bonchev–Trinajstić information content (AvgIpc) is 3.41. The summed E-state index contributed by atoms with van der Waals surface area (Å²) in [6.45, 7) is 4.24. The van der Waals surface area contributed by atoms with Crippen molar-refractivity contribution in [1.29, 1.82) is 0 Å². The van der Waals surface area contributed by atoms with Gasteiger partial charge in [-0.25, -0.2) is 9.78 Å². The summed E-state index contributed by atoms with van der Waals surface area (Å²) >= 11 is 0. The molecular weight excluding hydrogens is 454 g/mol. The van der Waals surface area contributed by atoms with Crippen LogP contribution >= 0.6 is 0 Å². The highest BCUT2D eigenvalue weighted by Crippen LogP contribution is 2.42. The Morgan fingerprint density at radius 1 is 1.08 bits per heavy atom. The molecule has 0 bridgehead atoms. The minimum atomic E-state index is -0.367. The first kappa shape index (κ1) is 22.6. The number of oxazole rings is 1. The first-order valence-corrected chi connectivity index (χ1v) is 12.6. The first-order chi connectivity index (χ1) is 17.5. The van der Waals surface area contributed by atoms with E-state index in [1.807, 2.05) is 56.3 Å². The lowest BCUT2D eigenvalue weighted by Gasteiger charge is -2.22. The van der Waals surface area contributed by atoms with E-state index in [0.29, 0.717) is 17.9 Å². The Bertz CT molecular complexity index is 1600. The molecule has 1 aliphatic carbocycles. The maximum Gasteiger partial charge on any atom is 0.420 e. The lowest BCUT2D eigenvalue weighted by molar-refractivity contribution is 0.393. The van der Waals surface area contributed by atoms with Gasteiger partial charge in [0.25, 0.3) is 0 Å². The molecule has 1 fully saturated rings. The third-order valence-electron chi connectivity index (χ3n) is 7.42. The minimum absolute atomic E-state index is 0.269. The molecule has 7 heteroatoms. The third-order valence-corrected chi connectivity index (χ3v) is 7.42. The number of ether oxygens (including phenoxy) is 1. The van der Waals surface area contributed by atoms with Gasteiger partial charge in [0, 0.05) is 16.9 Å². The Labute approximate surface area is 208 Å². The van der Waals surface area contributed by atoms with E-state index in [0.717, 1.165) is 75.9 Å². The lowest BCUT2D eigenvalue weighted by atomic mass is 9.86. The van der Waals surface area contributed by atoms with Gasteiger partial charge in [-0.2, -0.15) is 0 Å². The van der Waals surface area contributed by atoms with Gasteiger partial charge in [-0.05, 0) is 44.4 Å². The van der Waals surface area contributed by atoms with Gasteiger partial charge >= 0.3 is 5.76 Å². The number of benzene rings is 2. The molecule has 0 aliphatic heterocycles. The Morgan fingerprint density at radius 2 is 1.86 bits per heavy atom. The molecule has 3 aromatic heterocycles. The number of nitrogens with zero attached hydrogens (tertiary/aromatic N) is 3. The normalized spacial score (nSPS) is 14.6. The minimum Gasteiger partial charge on any atom is -0.496 e. The number of fused-ring (bicyclic) bond motifs is 3. The van der Waals surface area contributed by atoms with Crippen molar-refractivity contribution in [2.75, 3.05) is 7.11 Å². The highest BCUT2D eigenvalue weighted by atomic mass is 16.5. The number of hydrogen-bond donors (Lipinski definition) is 0. The summed E-state index contributed by atoms with van der Waals surface area (Å²) in [5.41, 5.74) is 6.68. The molecule has 184 valence electrons. The monoisotopic (exact) mass is 483 g/mol. The van der Waals surface area contributed by atoms with Crippen LogP contribution in [-0.4, -0.2) is 21.8 Å². The van der Waals surface area contributed by atoms with Crippen molar-refractivity contribution in [2.45, 2.75) is 58.4 Å². The van der Waals surface area contributed by atoms with Crippen LogP contribution in [0.4, 0.5) is 0 Å². The topological polar surface area (TPSA) is 83.3 Å². The van der Waals surface area contributed by atoms with Crippen LogP contribution in [0.25, 0.3) is 33.1 Å². The summed E-state index contributed by atoms with van der Waals surface area (Å²) in [5.74, 6) is 1.30. The van der Waals surface area contributed by atoms with Gasteiger partial charge in [-0.15, -0.1) is 0 Å². The largest absolute Gasteiger partial charge is 0.496 e. The van der Waals surface area contributed by atoms with Gasteiger partial charge in [-0.1, -0.05) is 54.8 Å². The molecule has 0 amide bonds. The van der Waals surface area contributed by atoms with Gasteiger partial charge in [-0.3, -0.25) is 4.57 Å². The summed E-state index contributed by atoms with van der Waals surface area (Å²) in [4.78, 5) is 18.4. The summed E-state index contributed by atoms with van der Waals surface area (Å²) in [5, 5.41) is 4.97. The standard InChI is InChI=1S/C29H29N3O4/c1-17-25(18(2)36-31-17)22-14-23-21(15-24(22)34-3)27-28(26(30-23)20-12-8-5-9-13-20)35-29(33)32(27)16-19-10-6-4-7-11-19/h4,6-7,10-11,14-15,20H,5,8-9,12-13,16H2,1-3H3. The van der Waals surface area contributed by atoms with Crippen LogP contribution in [0.2, 0.25) is 0 Å². The van der Waals surface area contributed by atoms with E-state index in [2.05, 4.69) is 5.16 Å². The summed E-state index contributed by atoms with van der Waals surface area (Å²) in [6, 6.07) is 14.0. The van der Waals surface area contributed by atoms with Crippen LogP contribution in [0.1, 0.15) is 60.7 Å². The van der Waals surface area contributed by atoms with Crippen molar-refractivity contribution in [3.8, 4) is 16.9 Å². The average molecular weight is 484 g/mol. The van der Waals surface area contributed by atoms with Crippen LogP contribution in [-0.2, 0) is 6.54 Å². The second-order valence-corrected chi connectivity index (χ2v) is 9.72. The van der Waals surface area contributed by atoms with Crippen LogP contribution in [0, 0.1) is 13.8 Å². The molecule has 1 aliphatic rings. The molecule has 2 aromatic carbocycles.